The van der Waals surface area contributed by atoms with Gasteiger partial charge < -0.3 is 10.6 Å². The van der Waals surface area contributed by atoms with Gasteiger partial charge in [0.1, 0.15) is 11.6 Å². The third-order valence-corrected chi connectivity index (χ3v) is 5.91. The molecule has 1 unspecified atom stereocenters. The molecule has 2 saturated heterocycles. The number of amides is 2. The van der Waals surface area contributed by atoms with Crippen LogP contribution in [-0.4, -0.2) is 34.0 Å². The van der Waals surface area contributed by atoms with Crippen molar-refractivity contribution in [2.45, 2.75) is 43.3 Å². The van der Waals surface area contributed by atoms with Crippen molar-refractivity contribution in [1.29, 1.82) is 0 Å². The van der Waals surface area contributed by atoms with Gasteiger partial charge in [0.15, 0.2) is 0 Å². The zero-order chi connectivity index (χ0) is 19.0. The zero-order valence-electron chi connectivity index (χ0n) is 15.0. The highest BCUT2D eigenvalue weighted by Gasteiger charge is 2.52. The fraction of sp³-hybridized carbons (Fsp3) is 0.333. The first-order valence-electron chi connectivity index (χ1n) is 9.26. The van der Waals surface area contributed by atoms with E-state index >= 15 is 0 Å². The predicted octanol–water partition coefficient (Wildman–Crippen LogP) is 2.17. The molecule has 2 fully saturated rings. The molecule has 2 heterocycles. The first-order valence-corrected chi connectivity index (χ1v) is 9.26. The number of fused-ring (bicyclic) bond motifs is 1. The van der Waals surface area contributed by atoms with Crippen molar-refractivity contribution in [3.63, 3.8) is 0 Å². The molecular weight excluding hydrogens is 342 g/mol. The maximum absolute atomic E-state index is 13.3. The smallest absolute Gasteiger partial charge is 0.266 e. The zero-order valence-corrected chi connectivity index (χ0v) is 15.0. The number of hydrogen-bond acceptors (Lipinski definition) is 4. The Kier molecular flexibility index (Phi) is 4.45. The number of nitrogens with one attached hydrogen (secondary N) is 1. The fourth-order valence-corrected chi connectivity index (χ4v) is 4.40. The number of benzene rings is 2. The average molecular weight is 365 g/mol. The molecular formula is C21H23N3O3. The van der Waals surface area contributed by atoms with E-state index in [1.54, 1.807) is 10.4 Å². The van der Waals surface area contributed by atoms with Crippen LogP contribution in [0.5, 0.6) is 0 Å². The SMILES string of the molecule is N[C@@]1(c2ccc(-c3ccccc3)cc2)CCC2CC[C@H](C(=O)NO)N2C1=O. The molecule has 2 aliphatic heterocycles. The fourth-order valence-electron chi connectivity index (χ4n) is 4.40. The van der Waals surface area contributed by atoms with Crippen molar-refractivity contribution >= 4 is 11.8 Å². The number of nitrogens with two attached hydrogens (primary N) is 1. The Morgan fingerprint density at radius 3 is 2.37 bits per heavy atom. The molecule has 0 aromatic heterocycles. The van der Waals surface area contributed by atoms with Crippen LogP contribution in [0.1, 0.15) is 31.2 Å². The molecule has 140 valence electrons. The largest absolute Gasteiger partial charge is 0.326 e. The third kappa shape index (κ3) is 2.91. The van der Waals surface area contributed by atoms with Gasteiger partial charge in [-0.05, 0) is 42.4 Å². The lowest BCUT2D eigenvalue weighted by Crippen LogP contribution is -2.62. The van der Waals surface area contributed by atoms with Crippen LogP contribution < -0.4 is 11.2 Å². The summed E-state index contributed by atoms with van der Waals surface area (Å²) in [7, 11) is 0. The van der Waals surface area contributed by atoms with Gasteiger partial charge in [0, 0.05) is 6.04 Å². The summed E-state index contributed by atoms with van der Waals surface area (Å²) in [4.78, 5) is 26.8. The van der Waals surface area contributed by atoms with E-state index in [0.717, 1.165) is 29.5 Å². The number of rotatable bonds is 3. The Balaban J connectivity index is 1.63. The summed E-state index contributed by atoms with van der Waals surface area (Å²) in [6.45, 7) is 0. The standard InChI is InChI=1S/C21H23N3O3/c22-21(16-8-6-15(7-9-16)14-4-2-1-3-5-14)13-12-17-10-11-18(19(25)23-27)24(17)20(21)26/h1-9,17-18,27H,10-13,22H2,(H,23,25)/t17?,18-,21-/m1/s1. The van der Waals surface area contributed by atoms with E-state index < -0.39 is 17.5 Å². The van der Waals surface area contributed by atoms with Gasteiger partial charge in [-0.2, -0.15) is 0 Å². The summed E-state index contributed by atoms with van der Waals surface area (Å²) >= 11 is 0. The normalized spacial score (nSPS) is 27.3. The second kappa shape index (κ2) is 6.79. The van der Waals surface area contributed by atoms with Crippen LogP contribution in [0.4, 0.5) is 0 Å². The highest BCUT2D eigenvalue weighted by molar-refractivity contribution is 5.94. The second-order valence-electron chi connectivity index (χ2n) is 7.39. The van der Waals surface area contributed by atoms with E-state index in [1.807, 2.05) is 54.6 Å². The molecule has 0 saturated carbocycles. The summed E-state index contributed by atoms with van der Waals surface area (Å²) in [6, 6.07) is 17.1. The summed E-state index contributed by atoms with van der Waals surface area (Å²) in [5.41, 5.74) is 10.0. The number of carbonyl (C=O) groups is 2. The van der Waals surface area contributed by atoms with Crippen LogP contribution in [0.15, 0.2) is 54.6 Å². The quantitative estimate of drug-likeness (QED) is 0.574. The second-order valence-corrected chi connectivity index (χ2v) is 7.39. The molecule has 6 heteroatoms. The minimum atomic E-state index is -1.15. The number of nitrogens with zero attached hydrogens (tertiary/aromatic N) is 1. The van der Waals surface area contributed by atoms with Crippen LogP contribution in [0.25, 0.3) is 11.1 Å². The Morgan fingerprint density at radius 2 is 1.70 bits per heavy atom. The minimum absolute atomic E-state index is 0.0140. The lowest BCUT2D eigenvalue weighted by molar-refractivity contribution is -0.151. The van der Waals surface area contributed by atoms with Gasteiger partial charge in [0.25, 0.3) is 5.91 Å². The molecule has 3 atom stereocenters. The van der Waals surface area contributed by atoms with E-state index in [1.165, 1.54) is 0 Å². The van der Waals surface area contributed by atoms with Crippen LogP contribution in [-0.2, 0) is 15.1 Å². The molecule has 0 spiro atoms. The van der Waals surface area contributed by atoms with Crippen molar-refractivity contribution in [2.24, 2.45) is 5.73 Å². The van der Waals surface area contributed by atoms with Gasteiger partial charge in [-0.1, -0.05) is 54.6 Å². The summed E-state index contributed by atoms with van der Waals surface area (Å²) in [5.74, 6) is -0.785. The molecule has 0 radical (unpaired) electrons. The van der Waals surface area contributed by atoms with Crippen molar-refractivity contribution in [3.8, 4) is 11.1 Å². The van der Waals surface area contributed by atoms with E-state index in [-0.39, 0.29) is 11.9 Å². The van der Waals surface area contributed by atoms with E-state index in [0.29, 0.717) is 12.8 Å². The van der Waals surface area contributed by atoms with Gasteiger partial charge in [0.2, 0.25) is 5.91 Å². The molecule has 2 amide bonds. The van der Waals surface area contributed by atoms with Gasteiger partial charge in [0.05, 0.1) is 0 Å². The average Bonchev–Trinajstić information content (AvgIpc) is 3.16. The third-order valence-electron chi connectivity index (χ3n) is 5.91. The maximum Gasteiger partial charge on any atom is 0.266 e. The monoisotopic (exact) mass is 365 g/mol. The Morgan fingerprint density at radius 1 is 1.04 bits per heavy atom. The molecule has 2 aromatic carbocycles. The molecule has 0 aliphatic carbocycles. The molecule has 2 aromatic rings. The molecule has 4 rings (SSSR count). The molecule has 6 nitrogen and oxygen atoms in total. The number of hydrogen-bond donors (Lipinski definition) is 3. The topological polar surface area (TPSA) is 95.7 Å². The van der Waals surface area contributed by atoms with Crippen LogP contribution >= 0.6 is 0 Å². The molecule has 2 aliphatic rings. The van der Waals surface area contributed by atoms with Crippen molar-refractivity contribution in [3.05, 3.63) is 60.2 Å². The van der Waals surface area contributed by atoms with Crippen LogP contribution in [0, 0.1) is 0 Å². The van der Waals surface area contributed by atoms with Crippen molar-refractivity contribution in [1.82, 2.24) is 10.4 Å². The highest BCUT2D eigenvalue weighted by atomic mass is 16.5. The predicted molar refractivity (Wildman–Crippen MR) is 101 cm³/mol. The van der Waals surface area contributed by atoms with E-state index in [9.17, 15) is 9.59 Å². The van der Waals surface area contributed by atoms with Gasteiger partial charge >= 0.3 is 0 Å². The molecule has 0 bridgehead atoms. The Labute approximate surface area is 157 Å². The lowest BCUT2D eigenvalue weighted by Gasteiger charge is -2.43. The van der Waals surface area contributed by atoms with Crippen LogP contribution in [0.2, 0.25) is 0 Å². The van der Waals surface area contributed by atoms with Gasteiger partial charge in [-0.25, -0.2) is 5.48 Å². The Hall–Kier alpha value is -2.70. The summed E-state index contributed by atoms with van der Waals surface area (Å²) in [5, 5.41) is 8.99. The van der Waals surface area contributed by atoms with E-state index in [2.05, 4.69) is 0 Å². The number of piperidine rings is 1. The van der Waals surface area contributed by atoms with Gasteiger partial charge in [-0.3, -0.25) is 14.8 Å². The summed E-state index contributed by atoms with van der Waals surface area (Å²) in [6.07, 6.45) is 2.60. The molecule has 27 heavy (non-hydrogen) atoms. The molecule has 4 N–H and O–H groups in total. The first kappa shape index (κ1) is 17.7. The van der Waals surface area contributed by atoms with Gasteiger partial charge in [-0.15, -0.1) is 0 Å². The lowest BCUT2D eigenvalue weighted by atomic mass is 9.79. The summed E-state index contributed by atoms with van der Waals surface area (Å²) < 4.78 is 0. The first-order chi connectivity index (χ1) is 13.0. The highest BCUT2D eigenvalue weighted by Crippen LogP contribution is 2.40. The Bertz CT molecular complexity index is 853. The minimum Gasteiger partial charge on any atom is -0.326 e. The van der Waals surface area contributed by atoms with Crippen molar-refractivity contribution < 1.29 is 14.8 Å². The number of hydroxylamine groups is 1. The van der Waals surface area contributed by atoms with Crippen molar-refractivity contribution in [2.75, 3.05) is 0 Å². The number of carbonyl (C=O) groups excluding carboxylic acids is 2. The maximum atomic E-state index is 13.3. The van der Waals surface area contributed by atoms with E-state index in [4.69, 9.17) is 10.9 Å². The van der Waals surface area contributed by atoms with Crippen LogP contribution in [0.3, 0.4) is 0 Å².